The Morgan fingerprint density at radius 3 is 2.50 bits per heavy atom. The van der Waals surface area contributed by atoms with Crippen LogP contribution in [-0.2, 0) is 16.6 Å². The molecule has 2 amide bonds. The summed E-state index contributed by atoms with van der Waals surface area (Å²) in [5, 5.41) is 7.89. The molecule has 8 heteroatoms. The zero-order valence-corrected chi connectivity index (χ0v) is 14.3. The van der Waals surface area contributed by atoms with E-state index in [1.54, 1.807) is 42.5 Å². The van der Waals surface area contributed by atoms with Crippen molar-refractivity contribution in [2.45, 2.75) is 24.4 Å². The maximum absolute atomic E-state index is 12.2. The molecule has 0 aliphatic heterocycles. The Hall–Kier alpha value is -2.45. The quantitative estimate of drug-likeness (QED) is 0.856. The lowest BCUT2D eigenvalue weighted by molar-refractivity contribution is 0.194. The molecule has 0 fully saturated rings. The van der Waals surface area contributed by atoms with E-state index in [9.17, 15) is 13.2 Å². The fraction of sp³-hybridized carbons (Fsp3) is 0.250. The van der Waals surface area contributed by atoms with E-state index in [1.807, 2.05) is 13.0 Å². The molecular formula is C16H20N4O3S. The van der Waals surface area contributed by atoms with Gasteiger partial charge in [0, 0.05) is 26.0 Å². The summed E-state index contributed by atoms with van der Waals surface area (Å²) in [6.45, 7) is 2.24. The number of aromatic nitrogens is 1. The minimum atomic E-state index is -3.72. The molecule has 1 atom stereocenters. The Bertz CT molecular complexity index is 792. The fourth-order valence-electron chi connectivity index (χ4n) is 2.14. The van der Waals surface area contributed by atoms with Crippen LogP contribution < -0.4 is 10.5 Å². The summed E-state index contributed by atoms with van der Waals surface area (Å²) in [5.41, 5.74) is 1.71. The second-order valence-corrected chi connectivity index (χ2v) is 6.98. The molecule has 3 N–H and O–H groups in total. The number of carbonyl (C=O) groups excluding carboxylic acids is 1. The lowest BCUT2D eigenvalue weighted by Gasteiger charge is -2.25. The van der Waals surface area contributed by atoms with Crippen LogP contribution in [0, 0.1) is 0 Å². The summed E-state index contributed by atoms with van der Waals surface area (Å²) in [6.07, 6.45) is 3.36. The van der Waals surface area contributed by atoms with Gasteiger partial charge in [-0.25, -0.2) is 18.4 Å². The third-order valence-electron chi connectivity index (χ3n) is 3.76. The van der Waals surface area contributed by atoms with Gasteiger partial charge in [0.05, 0.1) is 10.9 Å². The summed E-state index contributed by atoms with van der Waals surface area (Å²) in [7, 11) is -2.04. The average molecular weight is 348 g/mol. The number of carbonyl (C=O) groups is 1. The van der Waals surface area contributed by atoms with Crippen LogP contribution in [0.2, 0.25) is 0 Å². The minimum absolute atomic E-state index is 0.0436. The van der Waals surface area contributed by atoms with Gasteiger partial charge in [-0.2, -0.15) is 0 Å². The van der Waals surface area contributed by atoms with Gasteiger partial charge in [0.25, 0.3) is 0 Å². The highest BCUT2D eigenvalue weighted by molar-refractivity contribution is 7.89. The maximum atomic E-state index is 12.2. The van der Waals surface area contributed by atoms with Crippen LogP contribution in [-0.4, -0.2) is 31.4 Å². The normalized spacial score (nSPS) is 12.5. The number of pyridine rings is 1. The van der Waals surface area contributed by atoms with Crippen molar-refractivity contribution in [3.8, 4) is 0 Å². The highest BCUT2D eigenvalue weighted by Crippen LogP contribution is 2.20. The van der Waals surface area contributed by atoms with E-state index in [2.05, 4.69) is 10.3 Å². The second kappa shape index (κ2) is 7.41. The van der Waals surface area contributed by atoms with Crippen LogP contribution in [0.4, 0.5) is 4.79 Å². The molecule has 1 aromatic heterocycles. The van der Waals surface area contributed by atoms with Gasteiger partial charge < -0.3 is 10.2 Å². The van der Waals surface area contributed by atoms with Gasteiger partial charge in [-0.1, -0.05) is 18.2 Å². The number of amides is 2. The van der Waals surface area contributed by atoms with E-state index in [0.717, 1.165) is 11.1 Å². The van der Waals surface area contributed by atoms with Gasteiger partial charge in [0.2, 0.25) is 10.0 Å². The summed E-state index contributed by atoms with van der Waals surface area (Å²) in [4.78, 5) is 17.8. The van der Waals surface area contributed by atoms with Crippen molar-refractivity contribution in [2.24, 2.45) is 5.14 Å². The third-order valence-corrected chi connectivity index (χ3v) is 4.69. The number of hydrogen-bond acceptors (Lipinski definition) is 4. The number of nitrogens with zero attached hydrogens (tertiary/aromatic N) is 2. The first-order valence-corrected chi connectivity index (χ1v) is 8.86. The number of benzene rings is 1. The number of nitrogens with one attached hydrogen (secondary N) is 1. The van der Waals surface area contributed by atoms with Crippen molar-refractivity contribution in [1.82, 2.24) is 15.2 Å². The van der Waals surface area contributed by atoms with Gasteiger partial charge in [-0.3, -0.25) is 4.98 Å². The van der Waals surface area contributed by atoms with E-state index >= 15 is 0 Å². The molecule has 0 bridgehead atoms. The molecule has 1 aromatic carbocycles. The Labute approximate surface area is 141 Å². The Balaban J connectivity index is 2.00. The van der Waals surface area contributed by atoms with E-state index in [0.29, 0.717) is 6.54 Å². The van der Waals surface area contributed by atoms with Crippen LogP contribution in [0.25, 0.3) is 0 Å². The molecule has 0 aliphatic rings. The summed E-state index contributed by atoms with van der Waals surface area (Å²) >= 11 is 0. The zero-order chi connectivity index (χ0) is 17.7. The first kappa shape index (κ1) is 17.9. The largest absolute Gasteiger partial charge is 0.334 e. The number of rotatable bonds is 5. The highest BCUT2D eigenvalue weighted by Gasteiger charge is 2.18. The summed E-state index contributed by atoms with van der Waals surface area (Å²) in [5.74, 6) is 0. The summed E-state index contributed by atoms with van der Waals surface area (Å²) < 4.78 is 22.5. The number of sulfonamides is 1. The zero-order valence-electron chi connectivity index (χ0n) is 13.5. The smallest absolute Gasteiger partial charge is 0.317 e. The minimum Gasteiger partial charge on any atom is -0.334 e. The number of urea groups is 1. The van der Waals surface area contributed by atoms with Crippen molar-refractivity contribution < 1.29 is 13.2 Å². The second-order valence-electron chi connectivity index (χ2n) is 5.42. The van der Waals surface area contributed by atoms with Crippen molar-refractivity contribution in [3.63, 3.8) is 0 Å². The SMILES string of the molecule is CC(c1ccc(S(N)(=O)=O)cc1)N(C)C(=O)NCc1cccnc1. The molecule has 0 saturated carbocycles. The van der Waals surface area contributed by atoms with Gasteiger partial charge in [-0.05, 0) is 36.2 Å². The molecule has 0 saturated heterocycles. The molecule has 0 aliphatic carbocycles. The standard InChI is InChI=1S/C16H20N4O3S/c1-12(14-5-7-15(8-6-14)24(17,22)23)20(2)16(21)19-11-13-4-3-9-18-10-13/h3-10,12H,11H2,1-2H3,(H,19,21)(H2,17,22,23). The maximum Gasteiger partial charge on any atom is 0.317 e. The van der Waals surface area contributed by atoms with Gasteiger partial charge >= 0.3 is 6.03 Å². The van der Waals surface area contributed by atoms with Crippen LogP contribution in [0.5, 0.6) is 0 Å². The molecule has 128 valence electrons. The van der Waals surface area contributed by atoms with Gasteiger partial charge in [0.15, 0.2) is 0 Å². The molecule has 1 heterocycles. The number of nitrogens with two attached hydrogens (primary N) is 1. The van der Waals surface area contributed by atoms with E-state index in [-0.39, 0.29) is 17.0 Å². The Morgan fingerprint density at radius 2 is 1.96 bits per heavy atom. The fourth-order valence-corrected chi connectivity index (χ4v) is 2.66. The molecule has 1 unspecified atom stereocenters. The number of primary sulfonamides is 1. The van der Waals surface area contributed by atoms with Crippen LogP contribution in [0.15, 0.2) is 53.7 Å². The van der Waals surface area contributed by atoms with Crippen molar-refractivity contribution >= 4 is 16.1 Å². The Morgan fingerprint density at radius 1 is 1.29 bits per heavy atom. The molecule has 0 spiro atoms. The Kier molecular flexibility index (Phi) is 5.53. The van der Waals surface area contributed by atoms with Gasteiger partial charge in [0.1, 0.15) is 0 Å². The topological polar surface area (TPSA) is 105 Å². The molecule has 7 nitrogen and oxygen atoms in total. The highest BCUT2D eigenvalue weighted by atomic mass is 32.2. The molecule has 2 aromatic rings. The van der Waals surface area contributed by atoms with Crippen molar-refractivity contribution in [1.29, 1.82) is 0 Å². The van der Waals surface area contributed by atoms with Crippen LogP contribution >= 0.6 is 0 Å². The predicted octanol–water partition coefficient (Wildman–Crippen LogP) is 1.63. The lowest BCUT2D eigenvalue weighted by Crippen LogP contribution is -2.38. The van der Waals surface area contributed by atoms with E-state index < -0.39 is 10.0 Å². The van der Waals surface area contributed by atoms with Crippen LogP contribution in [0.3, 0.4) is 0 Å². The van der Waals surface area contributed by atoms with E-state index in [4.69, 9.17) is 5.14 Å². The monoisotopic (exact) mass is 348 g/mol. The third kappa shape index (κ3) is 4.53. The van der Waals surface area contributed by atoms with Crippen molar-refractivity contribution in [3.05, 3.63) is 59.9 Å². The first-order valence-electron chi connectivity index (χ1n) is 7.31. The number of hydrogen-bond donors (Lipinski definition) is 2. The van der Waals surface area contributed by atoms with E-state index in [1.165, 1.54) is 12.1 Å². The van der Waals surface area contributed by atoms with Crippen molar-refractivity contribution in [2.75, 3.05) is 7.05 Å². The van der Waals surface area contributed by atoms with Gasteiger partial charge in [-0.15, -0.1) is 0 Å². The lowest BCUT2D eigenvalue weighted by atomic mass is 10.1. The predicted molar refractivity (Wildman–Crippen MR) is 90.5 cm³/mol. The van der Waals surface area contributed by atoms with Crippen LogP contribution in [0.1, 0.15) is 24.1 Å². The summed E-state index contributed by atoms with van der Waals surface area (Å²) in [6, 6.07) is 9.38. The molecular weight excluding hydrogens is 328 g/mol. The first-order chi connectivity index (χ1) is 11.3. The average Bonchev–Trinajstić information content (AvgIpc) is 2.58. The molecule has 24 heavy (non-hydrogen) atoms. The molecule has 0 radical (unpaired) electrons. The molecule has 2 rings (SSSR count).